The number of carbonyl (C=O) groups excluding carboxylic acids is 2. The lowest BCUT2D eigenvalue weighted by Crippen LogP contribution is -2.43. The Kier molecular flexibility index (Phi) is 4.00. The molecule has 2 aliphatic rings. The molecule has 2 aromatic carbocycles. The van der Waals surface area contributed by atoms with Crippen molar-refractivity contribution in [3.63, 3.8) is 0 Å². The number of benzene rings is 2. The van der Waals surface area contributed by atoms with Gasteiger partial charge < -0.3 is 10.2 Å². The zero-order valence-electron chi connectivity index (χ0n) is 13.8. The van der Waals surface area contributed by atoms with Gasteiger partial charge in [-0.15, -0.1) is 0 Å². The summed E-state index contributed by atoms with van der Waals surface area (Å²) in [5.41, 5.74) is 2.43. The van der Waals surface area contributed by atoms with Gasteiger partial charge in [-0.05, 0) is 48.2 Å². The summed E-state index contributed by atoms with van der Waals surface area (Å²) >= 11 is 5.90. The van der Waals surface area contributed by atoms with Crippen molar-refractivity contribution in [1.29, 1.82) is 0 Å². The molecule has 1 N–H and O–H groups in total. The number of nitrogens with one attached hydrogen (secondary N) is 1. The Hall–Kier alpha value is -2.33. The van der Waals surface area contributed by atoms with Crippen molar-refractivity contribution in [2.24, 2.45) is 5.41 Å². The number of carbonyl (C=O) groups is 2. The Balaban J connectivity index is 1.59. The smallest absolute Gasteiger partial charge is 0.253 e. The average molecular weight is 355 g/mol. The molecule has 1 spiro atoms. The molecule has 128 valence electrons. The molecular formula is C20H19ClN2O2. The Morgan fingerprint density at radius 3 is 2.56 bits per heavy atom. The van der Waals surface area contributed by atoms with Crippen molar-refractivity contribution < 1.29 is 9.59 Å². The summed E-state index contributed by atoms with van der Waals surface area (Å²) in [5.74, 6) is 0.00831. The highest BCUT2D eigenvalue weighted by atomic mass is 35.5. The fourth-order valence-corrected chi connectivity index (χ4v) is 3.99. The van der Waals surface area contributed by atoms with Crippen LogP contribution >= 0.6 is 11.6 Å². The number of hydrogen-bond donors (Lipinski definition) is 1. The van der Waals surface area contributed by atoms with E-state index in [1.54, 1.807) is 29.2 Å². The minimum atomic E-state index is -0.533. The van der Waals surface area contributed by atoms with Gasteiger partial charge in [0.05, 0.1) is 5.41 Å². The van der Waals surface area contributed by atoms with Crippen LogP contribution in [0, 0.1) is 5.41 Å². The fraction of sp³-hybridized carbons (Fsp3) is 0.300. The highest BCUT2D eigenvalue weighted by Crippen LogP contribution is 2.37. The van der Waals surface area contributed by atoms with Crippen molar-refractivity contribution >= 4 is 23.4 Å². The maximum atomic E-state index is 12.8. The van der Waals surface area contributed by atoms with E-state index in [0.29, 0.717) is 43.1 Å². The van der Waals surface area contributed by atoms with Gasteiger partial charge in [0, 0.05) is 30.2 Å². The molecule has 0 aromatic heterocycles. The maximum absolute atomic E-state index is 12.8. The van der Waals surface area contributed by atoms with Crippen LogP contribution in [0.4, 0.5) is 0 Å². The molecule has 1 saturated heterocycles. The molecule has 1 unspecified atom stereocenters. The summed E-state index contributed by atoms with van der Waals surface area (Å²) in [6.07, 6.45) is 1.37. The molecule has 0 bridgehead atoms. The van der Waals surface area contributed by atoms with Crippen molar-refractivity contribution in [2.75, 3.05) is 13.1 Å². The van der Waals surface area contributed by atoms with E-state index in [1.807, 2.05) is 12.1 Å². The summed E-state index contributed by atoms with van der Waals surface area (Å²) in [5, 5.41) is 3.65. The molecule has 2 heterocycles. The van der Waals surface area contributed by atoms with Crippen LogP contribution in [-0.2, 0) is 17.8 Å². The van der Waals surface area contributed by atoms with Gasteiger partial charge in [0.25, 0.3) is 5.91 Å². The first kappa shape index (κ1) is 16.2. The summed E-state index contributed by atoms with van der Waals surface area (Å²) in [6.45, 7) is 1.60. The van der Waals surface area contributed by atoms with Crippen molar-refractivity contribution in [1.82, 2.24) is 10.2 Å². The minimum Gasteiger partial charge on any atom is -0.351 e. The van der Waals surface area contributed by atoms with Crippen molar-refractivity contribution in [2.45, 2.75) is 19.4 Å². The second-order valence-corrected chi connectivity index (χ2v) is 7.33. The average Bonchev–Trinajstić information content (AvgIpc) is 3.00. The van der Waals surface area contributed by atoms with E-state index < -0.39 is 5.41 Å². The number of halogens is 1. The predicted octanol–water partition coefficient (Wildman–Crippen LogP) is 3.04. The van der Waals surface area contributed by atoms with E-state index >= 15 is 0 Å². The van der Waals surface area contributed by atoms with Crippen LogP contribution in [0.3, 0.4) is 0 Å². The Morgan fingerprint density at radius 1 is 1.08 bits per heavy atom. The van der Waals surface area contributed by atoms with E-state index in [0.717, 1.165) is 5.56 Å². The molecular weight excluding hydrogens is 336 g/mol. The highest BCUT2D eigenvalue weighted by molar-refractivity contribution is 6.30. The van der Waals surface area contributed by atoms with Gasteiger partial charge in [-0.1, -0.05) is 35.9 Å². The van der Waals surface area contributed by atoms with E-state index in [2.05, 4.69) is 17.4 Å². The number of hydrogen-bond acceptors (Lipinski definition) is 2. The van der Waals surface area contributed by atoms with Crippen LogP contribution in [0.25, 0.3) is 0 Å². The number of rotatable bonds is 1. The second kappa shape index (κ2) is 6.19. The van der Waals surface area contributed by atoms with E-state index in [4.69, 9.17) is 11.6 Å². The van der Waals surface area contributed by atoms with Gasteiger partial charge in [0.15, 0.2) is 0 Å². The molecule has 4 rings (SSSR count). The van der Waals surface area contributed by atoms with Gasteiger partial charge in [0.1, 0.15) is 0 Å². The van der Waals surface area contributed by atoms with Crippen LogP contribution in [0.1, 0.15) is 27.9 Å². The summed E-state index contributed by atoms with van der Waals surface area (Å²) in [7, 11) is 0. The zero-order chi connectivity index (χ0) is 17.4. The van der Waals surface area contributed by atoms with Gasteiger partial charge in [0.2, 0.25) is 5.91 Å². The highest BCUT2D eigenvalue weighted by Gasteiger charge is 2.47. The van der Waals surface area contributed by atoms with Crippen molar-refractivity contribution in [3.05, 3.63) is 70.2 Å². The second-order valence-electron chi connectivity index (χ2n) is 6.89. The topological polar surface area (TPSA) is 49.4 Å². The van der Waals surface area contributed by atoms with E-state index in [-0.39, 0.29) is 11.8 Å². The van der Waals surface area contributed by atoms with Gasteiger partial charge in [-0.2, -0.15) is 0 Å². The normalized spacial score (nSPS) is 22.4. The van der Waals surface area contributed by atoms with Crippen LogP contribution in [0.5, 0.6) is 0 Å². The van der Waals surface area contributed by atoms with Crippen LogP contribution in [0.2, 0.25) is 5.02 Å². The largest absolute Gasteiger partial charge is 0.351 e. The number of nitrogens with zero attached hydrogens (tertiary/aromatic N) is 1. The molecule has 4 nitrogen and oxygen atoms in total. The Bertz CT molecular complexity index is 834. The summed E-state index contributed by atoms with van der Waals surface area (Å²) < 4.78 is 0. The molecule has 1 fully saturated rings. The molecule has 2 amide bonds. The maximum Gasteiger partial charge on any atom is 0.253 e. The molecule has 25 heavy (non-hydrogen) atoms. The number of fused-ring (bicyclic) bond motifs is 1. The van der Waals surface area contributed by atoms with Gasteiger partial charge >= 0.3 is 0 Å². The number of likely N-dealkylation sites (tertiary alicyclic amines) is 1. The standard InChI is InChI=1S/C20H19ClN2O2/c21-17-7-5-14(6-8-17)18(24)23-10-9-20(13-23)11-15-3-1-2-4-16(15)12-22-19(20)25/h1-8H,9-13H2,(H,22,25). The van der Waals surface area contributed by atoms with Crippen LogP contribution < -0.4 is 5.32 Å². The molecule has 0 aliphatic carbocycles. The lowest BCUT2D eigenvalue weighted by atomic mass is 9.80. The monoisotopic (exact) mass is 354 g/mol. The zero-order valence-corrected chi connectivity index (χ0v) is 14.6. The fourth-order valence-electron chi connectivity index (χ4n) is 3.86. The SMILES string of the molecule is O=C(c1ccc(Cl)cc1)N1CCC2(Cc3ccccc3CNC2=O)C1. The molecule has 0 radical (unpaired) electrons. The Morgan fingerprint density at radius 2 is 1.80 bits per heavy atom. The third-order valence-electron chi connectivity index (χ3n) is 5.30. The van der Waals surface area contributed by atoms with Gasteiger partial charge in [-0.3, -0.25) is 9.59 Å². The first-order chi connectivity index (χ1) is 12.1. The van der Waals surface area contributed by atoms with Crippen molar-refractivity contribution in [3.8, 4) is 0 Å². The van der Waals surface area contributed by atoms with Crippen LogP contribution in [-0.4, -0.2) is 29.8 Å². The molecule has 2 aliphatic heterocycles. The lowest BCUT2D eigenvalue weighted by Gasteiger charge is -2.26. The minimum absolute atomic E-state index is 0.0427. The first-order valence-corrected chi connectivity index (χ1v) is 8.85. The van der Waals surface area contributed by atoms with E-state index in [9.17, 15) is 9.59 Å². The summed E-state index contributed by atoms with van der Waals surface area (Å²) in [6, 6.07) is 15.0. The predicted molar refractivity (Wildman–Crippen MR) is 96.4 cm³/mol. The molecule has 2 aromatic rings. The quantitative estimate of drug-likeness (QED) is 0.855. The van der Waals surface area contributed by atoms with Crippen LogP contribution in [0.15, 0.2) is 48.5 Å². The number of amides is 2. The third-order valence-corrected chi connectivity index (χ3v) is 5.55. The summed E-state index contributed by atoms with van der Waals surface area (Å²) in [4.78, 5) is 27.4. The first-order valence-electron chi connectivity index (χ1n) is 8.47. The Labute approximate surface area is 151 Å². The van der Waals surface area contributed by atoms with Gasteiger partial charge in [-0.25, -0.2) is 0 Å². The molecule has 5 heteroatoms. The molecule has 0 saturated carbocycles. The van der Waals surface area contributed by atoms with E-state index in [1.165, 1.54) is 5.56 Å². The molecule has 1 atom stereocenters. The third kappa shape index (κ3) is 2.91. The lowest BCUT2D eigenvalue weighted by molar-refractivity contribution is -0.130.